The number of nitrogens with zero attached hydrogens (tertiary/aromatic N) is 1. The Labute approximate surface area is 180 Å². The molecule has 0 atom stereocenters. The summed E-state index contributed by atoms with van der Waals surface area (Å²) in [5.41, 5.74) is 1.65. The minimum absolute atomic E-state index is 0.148. The first-order valence-corrected chi connectivity index (χ1v) is 10.6. The maximum absolute atomic E-state index is 12.5. The molecule has 0 spiro atoms. The van der Waals surface area contributed by atoms with Crippen LogP contribution in [0.25, 0.3) is 6.08 Å². The summed E-state index contributed by atoms with van der Waals surface area (Å²) in [6.45, 7) is 3.65. The third-order valence-corrected chi connectivity index (χ3v) is 5.63. The highest BCUT2D eigenvalue weighted by Crippen LogP contribution is 2.33. The van der Waals surface area contributed by atoms with Gasteiger partial charge < -0.3 is 20.3 Å². The molecule has 2 N–H and O–H groups in total. The molecule has 1 saturated heterocycles. The van der Waals surface area contributed by atoms with Gasteiger partial charge in [-0.3, -0.25) is 9.59 Å². The van der Waals surface area contributed by atoms with Gasteiger partial charge in [-0.15, -0.1) is 0 Å². The highest BCUT2D eigenvalue weighted by Gasteiger charge is 2.23. The lowest BCUT2D eigenvalue weighted by Crippen LogP contribution is -2.37. The van der Waals surface area contributed by atoms with Gasteiger partial charge in [0.25, 0.3) is 11.8 Å². The Morgan fingerprint density at radius 3 is 2.77 bits per heavy atom. The van der Waals surface area contributed by atoms with E-state index in [0.717, 1.165) is 19.6 Å². The van der Waals surface area contributed by atoms with Crippen molar-refractivity contribution < 1.29 is 14.3 Å². The van der Waals surface area contributed by atoms with E-state index in [4.69, 9.17) is 16.3 Å². The first-order chi connectivity index (χ1) is 14.6. The van der Waals surface area contributed by atoms with Gasteiger partial charge in [0.05, 0.1) is 5.69 Å². The average molecular weight is 426 g/mol. The molecule has 7 heteroatoms. The Balaban J connectivity index is 1.40. The number of ether oxygens (including phenoxy) is 1. The van der Waals surface area contributed by atoms with E-state index < -0.39 is 0 Å². The van der Waals surface area contributed by atoms with Crippen LogP contribution in [-0.4, -0.2) is 42.9 Å². The first kappa shape index (κ1) is 20.4. The molecular weight excluding hydrogens is 402 g/mol. The van der Waals surface area contributed by atoms with Gasteiger partial charge in [-0.1, -0.05) is 36.2 Å². The number of carbonyl (C=O) groups is 2. The summed E-state index contributed by atoms with van der Waals surface area (Å²) in [4.78, 5) is 27.3. The molecule has 2 aromatic carbocycles. The second kappa shape index (κ2) is 9.32. The van der Waals surface area contributed by atoms with Crippen LogP contribution in [0, 0.1) is 0 Å². The summed E-state index contributed by atoms with van der Waals surface area (Å²) in [5.74, 6) is 0.0821. The Bertz CT molecular complexity index is 983. The van der Waals surface area contributed by atoms with Crippen molar-refractivity contribution in [1.82, 2.24) is 10.2 Å². The largest absolute Gasteiger partial charge is 0.449 e. The molecule has 2 aliphatic rings. The van der Waals surface area contributed by atoms with Crippen molar-refractivity contribution >= 4 is 35.2 Å². The molecule has 0 unspecified atom stereocenters. The van der Waals surface area contributed by atoms with Crippen LogP contribution < -0.4 is 15.4 Å². The lowest BCUT2D eigenvalue weighted by atomic mass is 10.1. The van der Waals surface area contributed by atoms with Crippen LogP contribution in [0.3, 0.4) is 0 Å². The fourth-order valence-electron chi connectivity index (χ4n) is 3.65. The van der Waals surface area contributed by atoms with Gasteiger partial charge in [0.15, 0.2) is 11.5 Å². The fourth-order valence-corrected chi connectivity index (χ4v) is 3.84. The molecule has 4 rings (SSSR count). The van der Waals surface area contributed by atoms with Gasteiger partial charge in [0, 0.05) is 23.7 Å². The highest BCUT2D eigenvalue weighted by molar-refractivity contribution is 6.32. The normalized spacial score (nSPS) is 17.8. The number of hydrogen-bond donors (Lipinski definition) is 2. The van der Waals surface area contributed by atoms with E-state index >= 15 is 0 Å². The molecule has 156 valence electrons. The molecule has 2 heterocycles. The van der Waals surface area contributed by atoms with Crippen LogP contribution in [0.2, 0.25) is 5.02 Å². The molecule has 2 amide bonds. The standard InChI is InChI=1S/C23H24ClN3O3/c24-18-7-3-2-6-16(18)15-21-23(29)26-19-14-17(8-9-20(19)30-21)22(28)25-10-13-27-11-4-1-5-12-27/h2-3,6-9,14-15H,1,4-5,10-13H2,(H,25,28)(H,26,29). The number of piperidine rings is 1. The fraction of sp³-hybridized carbons (Fsp3) is 0.304. The molecular formula is C23H24ClN3O3. The Morgan fingerprint density at radius 1 is 1.17 bits per heavy atom. The van der Waals surface area contributed by atoms with E-state index in [9.17, 15) is 9.59 Å². The molecule has 0 aliphatic carbocycles. The minimum atomic E-state index is -0.384. The van der Waals surface area contributed by atoms with E-state index in [-0.39, 0.29) is 17.6 Å². The molecule has 0 saturated carbocycles. The maximum atomic E-state index is 12.5. The van der Waals surface area contributed by atoms with Gasteiger partial charge in [0.1, 0.15) is 0 Å². The van der Waals surface area contributed by atoms with E-state index in [1.807, 2.05) is 12.1 Å². The maximum Gasteiger partial charge on any atom is 0.291 e. The highest BCUT2D eigenvalue weighted by atomic mass is 35.5. The van der Waals surface area contributed by atoms with Gasteiger partial charge in [0.2, 0.25) is 0 Å². The Kier molecular flexibility index (Phi) is 6.35. The number of benzene rings is 2. The molecule has 2 aromatic rings. The number of carbonyl (C=O) groups excluding carboxylic acids is 2. The summed E-state index contributed by atoms with van der Waals surface area (Å²) in [6.07, 6.45) is 5.35. The van der Waals surface area contributed by atoms with E-state index in [0.29, 0.717) is 34.1 Å². The summed E-state index contributed by atoms with van der Waals surface area (Å²) >= 11 is 6.16. The summed E-state index contributed by atoms with van der Waals surface area (Å²) < 4.78 is 5.75. The van der Waals surface area contributed by atoms with E-state index in [1.54, 1.807) is 36.4 Å². The van der Waals surface area contributed by atoms with Gasteiger partial charge in [-0.05, 0) is 61.8 Å². The van der Waals surface area contributed by atoms with Gasteiger partial charge in [-0.2, -0.15) is 0 Å². The number of hydrogen-bond acceptors (Lipinski definition) is 4. The number of anilines is 1. The van der Waals surface area contributed by atoms with E-state index in [1.165, 1.54) is 19.3 Å². The molecule has 30 heavy (non-hydrogen) atoms. The molecule has 6 nitrogen and oxygen atoms in total. The predicted octanol–water partition coefficient (Wildman–Crippen LogP) is 3.93. The number of amides is 2. The molecule has 1 fully saturated rings. The van der Waals surface area contributed by atoms with Crippen molar-refractivity contribution in [2.75, 3.05) is 31.5 Å². The van der Waals surface area contributed by atoms with Crippen LogP contribution >= 0.6 is 11.6 Å². The number of likely N-dealkylation sites (tertiary alicyclic amines) is 1. The first-order valence-electron chi connectivity index (χ1n) is 10.2. The van der Waals surface area contributed by atoms with Crippen molar-refractivity contribution in [2.45, 2.75) is 19.3 Å². The van der Waals surface area contributed by atoms with Crippen molar-refractivity contribution in [3.63, 3.8) is 0 Å². The van der Waals surface area contributed by atoms with Gasteiger partial charge in [-0.25, -0.2) is 0 Å². The van der Waals surface area contributed by atoms with Crippen LogP contribution in [0.15, 0.2) is 48.2 Å². The van der Waals surface area contributed by atoms with Gasteiger partial charge >= 0.3 is 0 Å². The zero-order valence-electron chi connectivity index (χ0n) is 16.6. The zero-order valence-corrected chi connectivity index (χ0v) is 17.4. The summed E-state index contributed by atoms with van der Waals surface area (Å²) in [5, 5.41) is 6.27. The number of halogens is 1. The monoisotopic (exact) mass is 425 g/mol. The van der Waals surface area contributed by atoms with Crippen LogP contribution in [0.1, 0.15) is 35.2 Å². The molecule has 0 aromatic heterocycles. The van der Waals surface area contributed by atoms with Crippen LogP contribution in [0.5, 0.6) is 5.75 Å². The SMILES string of the molecule is O=C1Nc2cc(C(=O)NCCN3CCCCC3)ccc2OC1=Cc1ccccc1Cl. The van der Waals surface area contributed by atoms with Crippen molar-refractivity contribution in [1.29, 1.82) is 0 Å². The lowest BCUT2D eigenvalue weighted by Gasteiger charge is -2.26. The zero-order chi connectivity index (χ0) is 20.9. The van der Waals surface area contributed by atoms with Crippen LogP contribution in [0.4, 0.5) is 5.69 Å². The minimum Gasteiger partial charge on any atom is -0.449 e. The second-order valence-corrected chi connectivity index (χ2v) is 7.86. The number of fused-ring (bicyclic) bond motifs is 1. The molecule has 2 aliphatic heterocycles. The molecule has 0 radical (unpaired) electrons. The van der Waals surface area contributed by atoms with Crippen molar-refractivity contribution in [3.8, 4) is 5.75 Å². The summed E-state index contributed by atoms with van der Waals surface area (Å²) in [7, 11) is 0. The Morgan fingerprint density at radius 2 is 1.97 bits per heavy atom. The Hall–Kier alpha value is -2.83. The second-order valence-electron chi connectivity index (χ2n) is 7.46. The lowest BCUT2D eigenvalue weighted by molar-refractivity contribution is -0.115. The van der Waals surface area contributed by atoms with Crippen LogP contribution in [-0.2, 0) is 4.79 Å². The number of rotatable bonds is 5. The van der Waals surface area contributed by atoms with E-state index in [2.05, 4.69) is 15.5 Å². The smallest absolute Gasteiger partial charge is 0.291 e. The third-order valence-electron chi connectivity index (χ3n) is 5.29. The predicted molar refractivity (Wildman–Crippen MR) is 118 cm³/mol. The quantitative estimate of drug-likeness (QED) is 0.712. The third kappa shape index (κ3) is 4.83. The summed E-state index contributed by atoms with van der Waals surface area (Å²) in [6, 6.07) is 12.2. The van der Waals surface area contributed by atoms with Crippen molar-refractivity contribution in [3.05, 3.63) is 64.4 Å². The number of nitrogens with one attached hydrogen (secondary N) is 2. The molecule has 0 bridgehead atoms. The van der Waals surface area contributed by atoms with Crippen molar-refractivity contribution in [2.24, 2.45) is 0 Å². The topological polar surface area (TPSA) is 70.7 Å². The average Bonchev–Trinajstić information content (AvgIpc) is 2.76.